The summed E-state index contributed by atoms with van der Waals surface area (Å²) in [7, 11) is 0. The Hall–Kier alpha value is -2.80. The molecule has 0 bridgehead atoms. The lowest BCUT2D eigenvalue weighted by molar-refractivity contribution is 0.122. The number of nitrogen functional groups attached to an aromatic ring is 1. The number of ether oxygens (including phenoxy) is 1. The number of nitrogens with zero attached hydrogens (tertiary/aromatic N) is 4. The molecule has 1 fully saturated rings. The second kappa shape index (κ2) is 6.17. The standard InChI is InChI=1S/C19H22N6O/c20-13-1-2-14-15-12-25(6-5-16(15)21-17(14)11-13)19-4-3-18(22-23-19)24-7-9-26-10-8-24/h1-4,11,21H,5-10,12,20H2. The van der Waals surface area contributed by atoms with Crippen LogP contribution in [0.2, 0.25) is 0 Å². The van der Waals surface area contributed by atoms with E-state index in [1.54, 1.807) is 0 Å². The molecule has 7 heteroatoms. The van der Waals surface area contributed by atoms with Crippen LogP contribution in [0.3, 0.4) is 0 Å². The fourth-order valence-electron chi connectivity index (χ4n) is 3.88. The molecule has 0 unspecified atom stereocenters. The van der Waals surface area contributed by atoms with Crippen LogP contribution in [-0.2, 0) is 17.7 Å². The van der Waals surface area contributed by atoms with Gasteiger partial charge in [-0.2, -0.15) is 0 Å². The lowest BCUT2D eigenvalue weighted by atomic mass is 10.0. The summed E-state index contributed by atoms with van der Waals surface area (Å²) in [4.78, 5) is 8.03. The summed E-state index contributed by atoms with van der Waals surface area (Å²) < 4.78 is 5.40. The number of aromatic amines is 1. The van der Waals surface area contributed by atoms with Gasteiger partial charge in [-0.15, -0.1) is 10.2 Å². The SMILES string of the molecule is Nc1ccc2c3c([nH]c2c1)CCN(c1ccc(N2CCOCC2)nn1)C3. The molecule has 2 aliphatic rings. The van der Waals surface area contributed by atoms with Crippen LogP contribution < -0.4 is 15.5 Å². The van der Waals surface area contributed by atoms with Crippen molar-refractivity contribution in [3.05, 3.63) is 41.6 Å². The maximum Gasteiger partial charge on any atom is 0.151 e. The number of aromatic nitrogens is 3. The highest BCUT2D eigenvalue weighted by Gasteiger charge is 2.22. The van der Waals surface area contributed by atoms with E-state index in [0.29, 0.717) is 0 Å². The molecule has 0 aliphatic carbocycles. The number of nitrogens with one attached hydrogen (secondary N) is 1. The van der Waals surface area contributed by atoms with E-state index in [0.717, 1.165) is 68.7 Å². The minimum atomic E-state index is 0.753. The van der Waals surface area contributed by atoms with Gasteiger partial charge in [0.25, 0.3) is 0 Å². The molecule has 0 atom stereocenters. The predicted octanol–water partition coefficient (Wildman–Crippen LogP) is 1.94. The maximum absolute atomic E-state index is 5.92. The molecule has 1 aromatic carbocycles. The van der Waals surface area contributed by atoms with Gasteiger partial charge >= 0.3 is 0 Å². The Balaban J connectivity index is 1.39. The molecule has 4 heterocycles. The zero-order valence-electron chi connectivity index (χ0n) is 14.6. The van der Waals surface area contributed by atoms with Crippen molar-refractivity contribution in [2.45, 2.75) is 13.0 Å². The predicted molar refractivity (Wildman–Crippen MR) is 103 cm³/mol. The van der Waals surface area contributed by atoms with Gasteiger partial charge in [0.15, 0.2) is 11.6 Å². The summed E-state index contributed by atoms with van der Waals surface area (Å²) in [5.41, 5.74) is 10.5. The van der Waals surface area contributed by atoms with Crippen molar-refractivity contribution in [2.75, 3.05) is 48.4 Å². The van der Waals surface area contributed by atoms with Crippen LogP contribution in [0.15, 0.2) is 30.3 Å². The van der Waals surface area contributed by atoms with Crippen LogP contribution in [0.4, 0.5) is 17.3 Å². The van der Waals surface area contributed by atoms with Gasteiger partial charge in [0.1, 0.15) is 0 Å². The minimum absolute atomic E-state index is 0.753. The van der Waals surface area contributed by atoms with Gasteiger partial charge in [-0.1, -0.05) is 6.07 Å². The molecule has 2 aliphatic heterocycles. The average Bonchev–Trinajstić information content (AvgIpc) is 3.05. The van der Waals surface area contributed by atoms with E-state index in [-0.39, 0.29) is 0 Å². The molecule has 1 saturated heterocycles. The topological polar surface area (TPSA) is 83.3 Å². The monoisotopic (exact) mass is 350 g/mol. The number of fused-ring (bicyclic) bond motifs is 3. The van der Waals surface area contributed by atoms with Gasteiger partial charge in [-0.25, -0.2) is 0 Å². The van der Waals surface area contributed by atoms with E-state index in [4.69, 9.17) is 10.5 Å². The zero-order valence-corrected chi connectivity index (χ0v) is 14.6. The Bertz CT molecular complexity index is 929. The van der Waals surface area contributed by atoms with E-state index >= 15 is 0 Å². The molecule has 26 heavy (non-hydrogen) atoms. The molecule has 5 rings (SSSR count). The quantitative estimate of drug-likeness (QED) is 0.687. The first kappa shape index (κ1) is 15.5. The number of benzene rings is 1. The molecule has 3 aromatic rings. The van der Waals surface area contributed by atoms with Crippen LogP contribution in [0.1, 0.15) is 11.3 Å². The summed E-state index contributed by atoms with van der Waals surface area (Å²) >= 11 is 0. The lowest BCUT2D eigenvalue weighted by Crippen LogP contribution is -2.37. The summed E-state index contributed by atoms with van der Waals surface area (Å²) in [6.07, 6.45) is 0.969. The first-order chi connectivity index (χ1) is 12.8. The maximum atomic E-state index is 5.92. The van der Waals surface area contributed by atoms with Gasteiger partial charge in [-0.3, -0.25) is 0 Å². The number of H-pyrrole nitrogens is 1. The second-order valence-corrected chi connectivity index (χ2v) is 6.91. The van der Waals surface area contributed by atoms with Crippen molar-refractivity contribution in [3.63, 3.8) is 0 Å². The highest BCUT2D eigenvalue weighted by atomic mass is 16.5. The Morgan fingerprint density at radius 3 is 2.50 bits per heavy atom. The van der Waals surface area contributed by atoms with Crippen LogP contribution in [0, 0.1) is 0 Å². The first-order valence-electron chi connectivity index (χ1n) is 9.08. The van der Waals surface area contributed by atoms with Crippen molar-refractivity contribution in [1.29, 1.82) is 0 Å². The van der Waals surface area contributed by atoms with Crippen molar-refractivity contribution < 1.29 is 4.74 Å². The Morgan fingerprint density at radius 1 is 0.962 bits per heavy atom. The van der Waals surface area contributed by atoms with E-state index in [2.05, 4.69) is 43.2 Å². The molecule has 134 valence electrons. The van der Waals surface area contributed by atoms with E-state index in [1.165, 1.54) is 16.6 Å². The van der Waals surface area contributed by atoms with Crippen molar-refractivity contribution in [3.8, 4) is 0 Å². The van der Waals surface area contributed by atoms with Crippen molar-refractivity contribution >= 4 is 28.2 Å². The Morgan fingerprint density at radius 2 is 1.73 bits per heavy atom. The largest absolute Gasteiger partial charge is 0.399 e. The first-order valence-corrected chi connectivity index (χ1v) is 9.08. The van der Waals surface area contributed by atoms with Gasteiger partial charge in [-0.05, 0) is 24.3 Å². The van der Waals surface area contributed by atoms with Gasteiger partial charge in [0.2, 0.25) is 0 Å². The molecular weight excluding hydrogens is 328 g/mol. The number of hydrogen-bond acceptors (Lipinski definition) is 6. The molecule has 7 nitrogen and oxygen atoms in total. The molecular formula is C19H22N6O. The summed E-state index contributed by atoms with van der Waals surface area (Å²) in [6, 6.07) is 10.2. The van der Waals surface area contributed by atoms with Crippen LogP contribution >= 0.6 is 0 Å². The summed E-state index contributed by atoms with van der Waals surface area (Å²) in [6.45, 7) is 5.03. The summed E-state index contributed by atoms with van der Waals surface area (Å²) in [5.74, 6) is 1.86. The highest BCUT2D eigenvalue weighted by Crippen LogP contribution is 2.30. The van der Waals surface area contributed by atoms with Gasteiger partial charge in [0, 0.05) is 60.4 Å². The third-order valence-electron chi connectivity index (χ3n) is 5.29. The Kier molecular flexibility index (Phi) is 3.67. The third-order valence-corrected chi connectivity index (χ3v) is 5.29. The molecule has 0 saturated carbocycles. The molecule has 0 radical (unpaired) electrons. The fraction of sp³-hybridized carbons (Fsp3) is 0.368. The van der Waals surface area contributed by atoms with Crippen LogP contribution in [-0.4, -0.2) is 48.0 Å². The molecule has 2 aromatic heterocycles. The second-order valence-electron chi connectivity index (χ2n) is 6.91. The van der Waals surface area contributed by atoms with E-state index in [1.807, 2.05) is 12.1 Å². The van der Waals surface area contributed by atoms with E-state index in [9.17, 15) is 0 Å². The molecule has 0 spiro atoms. The lowest BCUT2D eigenvalue weighted by Gasteiger charge is -2.29. The van der Waals surface area contributed by atoms with Gasteiger partial charge < -0.3 is 25.3 Å². The normalized spacial score (nSPS) is 17.5. The number of morpholine rings is 1. The van der Waals surface area contributed by atoms with Crippen molar-refractivity contribution in [1.82, 2.24) is 15.2 Å². The number of rotatable bonds is 2. The molecule has 0 amide bonds. The van der Waals surface area contributed by atoms with Gasteiger partial charge in [0.05, 0.1) is 13.2 Å². The van der Waals surface area contributed by atoms with Crippen LogP contribution in [0.25, 0.3) is 10.9 Å². The average molecular weight is 350 g/mol. The molecule has 3 N–H and O–H groups in total. The van der Waals surface area contributed by atoms with E-state index < -0.39 is 0 Å². The fourth-order valence-corrected chi connectivity index (χ4v) is 3.88. The summed E-state index contributed by atoms with van der Waals surface area (Å²) in [5, 5.41) is 10.2. The number of nitrogens with two attached hydrogens (primary N) is 1. The zero-order chi connectivity index (χ0) is 17.5. The van der Waals surface area contributed by atoms with Crippen LogP contribution in [0.5, 0.6) is 0 Å². The number of hydrogen-bond donors (Lipinski definition) is 2. The third kappa shape index (κ3) is 2.64. The smallest absolute Gasteiger partial charge is 0.151 e. The minimum Gasteiger partial charge on any atom is -0.399 e. The van der Waals surface area contributed by atoms with Crippen molar-refractivity contribution in [2.24, 2.45) is 0 Å². The number of anilines is 3. The Labute approximate surface area is 151 Å². The highest BCUT2D eigenvalue weighted by molar-refractivity contribution is 5.87.